The van der Waals surface area contributed by atoms with Crippen molar-refractivity contribution in [3.8, 4) is 0 Å². The van der Waals surface area contributed by atoms with Crippen molar-refractivity contribution in [3.05, 3.63) is 29.8 Å². The Morgan fingerprint density at radius 3 is 1.86 bits per heavy atom. The highest BCUT2D eigenvalue weighted by Crippen LogP contribution is 2.31. The van der Waals surface area contributed by atoms with Gasteiger partial charge in [-0.05, 0) is 37.0 Å². The van der Waals surface area contributed by atoms with Crippen molar-refractivity contribution in [1.29, 1.82) is 0 Å². The van der Waals surface area contributed by atoms with Crippen molar-refractivity contribution in [3.63, 3.8) is 0 Å². The predicted molar refractivity (Wildman–Crippen MR) is 81.5 cm³/mol. The van der Waals surface area contributed by atoms with Crippen molar-refractivity contribution >= 4 is 17.6 Å². The molecule has 0 aromatic heterocycles. The molecule has 0 fully saturated rings. The molecule has 0 spiro atoms. The van der Waals surface area contributed by atoms with Gasteiger partial charge in [0.25, 0.3) is 0 Å². The van der Waals surface area contributed by atoms with Crippen LogP contribution in [0, 0.1) is 5.92 Å². The van der Waals surface area contributed by atoms with Gasteiger partial charge in [0, 0.05) is 5.69 Å². The van der Waals surface area contributed by atoms with Crippen LogP contribution in [0.25, 0.3) is 0 Å². The Kier molecular flexibility index (Phi) is 5.76. The molecule has 0 heterocycles. The summed E-state index contributed by atoms with van der Waals surface area (Å²) in [5.74, 6) is -4.12. The molecule has 0 saturated heterocycles. The van der Waals surface area contributed by atoms with Gasteiger partial charge >= 0.3 is 11.9 Å². The number of aliphatic carboxylic acids is 2. The third-order valence-electron chi connectivity index (χ3n) is 4.06. The molecule has 0 bridgehead atoms. The molecule has 0 amide bonds. The highest BCUT2D eigenvalue weighted by molar-refractivity contribution is 5.95. The van der Waals surface area contributed by atoms with E-state index in [2.05, 4.69) is 12.2 Å². The van der Waals surface area contributed by atoms with Crippen molar-refractivity contribution in [2.75, 3.05) is 5.32 Å². The molecule has 5 nitrogen and oxygen atoms in total. The van der Waals surface area contributed by atoms with Crippen LogP contribution in [0.3, 0.4) is 0 Å². The second-order valence-corrected chi connectivity index (χ2v) is 5.15. The summed E-state index contributed by atoms with van der Waals surface area (Å²) in [7, 11) is 0. The Morgan fingerprint density at radius 1 is 1.05 bits per heavy atom. The highest BCUT2D eigenvalue weighted by Gasteiger charge is 2.45. The van der Waals surface area contributed by atoms with Gasteiger partial charge in [0.05, 0.1) is 5.54 Å². The van der Waals surface area contributed by atoms with Crippen LogP contribution in [-0.2, 0) is 16.0 Å². The summed E-state index contributed by atoms with van der Waals surface area (Å²) in [6, 6.07) is 7.63. The minimum Gasteiger partial charge on any atom is -0.481 e. The van der Waals surface area contributed by atoms with Gasteiger partial charge in [-0.25, -0.2) is 0 Å². The van der Waals surface area contributed by atoms with E-state index in [9.17, 15) is 19.8 Å². The quantitative estimate of drug-likeness (QED) is 0.641. The van der Waals surface area contributed by atoms with E-state index in [4.69, 9.17) is 0 Å². The van der Waals surface area contributed by atoms with Crippen LogP contribution in [0.1, 0.15) is 39.2 Å². The van der Waals surface area contributed by atoms with Crippen molar-refractivity contribution < 1.29 is 19.8 Å². The summed E-state index contributed by atoms with van der Waals surface area (Å²) in [6.45, 7) is 5.65. The van der Waals surface area contributed by atoms with Gasteiger partial charge in [0.1, 0.15) is 0 Å². The van der Waals surface area contributed by atoms with Gasteiger partial charge in [0.15, 0.2) is 5.92 Å². The summed E-state index contributed by atoms with van der Waals surface area (Å²) in [4.78, 5) is 22.8. The first-order valence-electron chi connectivity index (χ1n) is 7.22. The molecule has 116 valence electrons. The maximum Gasteiger partial charge on any atom is 0.320 e. The van der Waals surface area contributed by atoms with E-state index in [0.29, 0.717) is 12.8 Å². The number of nitrogens with one attached hydrogen (secondary N) is 1. The summed E-state index contributed by atoms with van der Waals surface area (Å²) in [5, 5.41) is 21.7. The third-order valence-corrected chi connectivity index (χ3v) is 4.06. The summed E-state index contributed by atoms with van der Waals surface area (Å²) in [5.41, 5.74) is 0.904. The van der Waals surface area contributed by atoms with Crippen LogP contribution < -0.4 is 5.32 Å². The monoisotopic (exact) mass is 293 g/mol. The lowest BCUT2D eigenvalue weighted by Gasteiger charge is -2.37. The summed E-state index contributed by atoms with van der Waals surface area (Å²) >= 11 is 0. The van der Waals surface area contributed by atoms with Gasteiger partial charge in [0.2, 0.25) is 0 Å². The van der Waals surface area contributed by atoms with Gasteiger partial charge < -0.3 is 15.5 Å². The lowest BCUT2D eigenvalue weighted by atomic mass is 9.79. The van der Waals surface area contributed by atoms with Crippen LogP contribution in [0.2, 0.25) is 0 Å². The van der Waals surface area contributed by atoms with Crippen LogP contribution in [0.4, 0.5) is 5.69 Å². The van der Waals surface area contributed by atoms with E-state index in [1.54, 1.807) is 13.8 Å². The Bertz CT molecular complexity index is 478. The number of hydrogen-bond acceptors (Lipinski definition) is 3. The number of carbonyl (C=O) groups is 2. The number of hydrogen-bond donors (Lipinski definition) is 3. The molecule has 0 aliphatic heterocycles. The van der Waals surface area contributed by atoms with Gasteiger partial charge in [-0.15, -0.1) is 0 Å². The van der Waals surface area contributed by atoms with E-state index in [-0.39, 0.29) is 0 Å². The van der Waals surface area contributed by atoms with Crippen molar-refractivity contribution in [1.82, 2.24) is 0 Å². The fourth-order valence-corrected chi connectivity index (χ4v) is 2.60. The molecule has 0 radical (unpaired) electrons. The van der Waals surface area contributed by atoms with E-state index in [1.165, 1.54) is 5.56 Å². The molecule has 21 heavy (non-hydrogen) atoms. The maximum atomic E-state index is 11.4. The lowest BCUT2D eigenvalue weighted by molar-refractivity contribution is -0.157. The molecule has 1 aromatic rings. The first-order chi connectivity index (χ1) is 9.90. The van der Waals surface area contributed by atoms with E-state index in [1.807, 2.05) is 24.3 Å². The highest BCUT2D eigenvalue weighted by atomic mass is 16.4. The molecule has 1 aromatic carbocycles. The number of carboxylic acid groups (broad SMARTS) is 2. The van der Waals surface area contributed by atoms with E-state index < -0.39 is 23.4 Å². The van der Waals surface area contributed by atoms with Crippen molar-refractivity contribution in [2.24, 2.45) is 5.92 Å². The summed E-state index contributed by atoms with van der Waals surface area (Å²) < 4.78 is 0. The smallest absolute Gasteiger partial charge is 0.320 e. The number of benzene rings is 1. The van der Waals surface area contributed by atoms with Crippen molar-refractivity contribution in [2.45, 2.75) is 45.6 Å². The second kappa shape index (κ2) is 7.11. The van der Waals surface area contributed by atoms with E-state index >= 15 is 0 Å². The normalized spacial score (nSPS) is 11.4. The Morgan fingerprint density at radius 2 is 1.52 bits per heavy atom. The van der Waals surface area contributed by atoms with Crippen LogP contribution in [0.5, 0.6) is 0 Å². The largest absolute Gasteiger partial charge is 0.481 e. The molecule has 0 atom stereocenters. The Balaban J connectivity index is 3.14. The van der Waals surface area contributed by atoms with Crippen LogP contribution >= 0.6 is 0 Å². The number of anilines is 1. The predicted octanol–water partition coefficient (Wildman–Crippen LogP) is 3.01. The fraction of sp³-hybridized carbons (Fsp3) is 0.500. The minimum atomic E-state index is -1.49. The molecular formula is C16H23NO4. The second-order valence-electron chi connectivity index (χ2n) is 5.15. The number of rotatable bonds is 8. The van der Waals surface area contributed by atoms with E-state index in [0.717, 1.165) is 12.1 Å². The summed E-state index contributed by atoms with van der Waals surface area (Å²) in [6.07, 6.45) is 1.73. The lowest BCUT2D eigenvalue weighted by Crippen LogP contribution is -2.51. The van der Waals surface area contributed by atoms with Gasteiger partial charge in [-0.3, -0.25) is 9.59 Å². The molecule has 0 saturated carbocycles. The molecule has 5 heteroatoms. The maximum absolute atomic E-state index is 11.4. The zero-order chi connectivity index (χ0) is 16.0. The molecule has 1 rings (SSSR count). The SMILES string of the molecule is CCc1ccc(NC(CC)(CC)C(C(=O)O)C(=O)O)cc1. The molecule has 0 aliphatic carbocycles. The fourth-order valence-electron chi connectivity index (χ4n) is 2.60. The topological polar surface area (TPSA) is 86.6 Å². The standard InChI is InChI=1S/C16H23NO4/c1-4-11-7-9-12(10-8-11)17-16(5-2,6-3)13(14(18)19)15(20)21/h7-10,13,17H,4-6H2,1-3H3,(H,18,19)(H,20,21). The molecule has 3 N–H and O–H groups in total. The molecular weight excluding hydrogens is 270 g/mol. The van der Waals surface area contributed by atoms with Crippen LogP contribution in [0.15, 0.2) is 24.3 Å². The number of aryl methyl sites for hydroxylation is 1. The van der Waals surface area contributed by atoms with Gasteiger partial charge in [-0.1, -0.05) is 32.9 Å². The van der Waals surface area contributed by atoms with Crippen LogP contribution in [-0.4, -0.2) is 27.7 Å². The first kappa shape index (κ1) is 17.0. The average molecular weight is 293 g/mol. The third kappa shape index (κ3) is 3.74. The number of carboxylic acids is 2. The molecule has 0 aliphatic rings. The first-order valence-corrected chi connectivity index (χ1v) is 7.22. The Labute approximate surface area is 125 Å². The van der Waals surface area contributed by atoms with Gasteiger partial charge in [-0.2, -0.15) is 0 Å². The average Bonchev–Trinajstić information content (AvgIpc) is 2.46. The minimum absolute atomic E-state index is 0.405. The Hall–Kier alpha value is -2.04. The zero-order valence-electron chi connectivity index (χ0n) is 12.7. The zero-order valence-corrected chi connectivity index (χ0v) is 12.7. The molecule has 0 unspecified atom stereocenters.